The Morgan fingerprint density at radius 2 is 1.80 bits per heavy atom. The monoisotopic (exact) mass is 419 g/mol. The second-order valence-corrected chi connectivity index (χ2v) is 8.42. The number of carbonyl (C=O) groups is 2. The van der Waals surface area contributed by atoms with Crippen molar-refractivity contribution >= 4 is 29.3 Å². The Bertz CT molecular complexity index is 989. The van der Waals surface area contributed by atoms with Crippen LogP contribution in [0.4, 0.5) is 5.69 Å². The molecule has 0 bridgehead atoms. The van der Waals surface area contributed by atoms with Gasteiger partial charge in [-0.2, -0.15) is 0 Å². The molecule has 30 heavy (non-hydrogen) atoms. The quantitative estimate of drug-likeness (QED) is 0.530. The zero-order valence-corrected chi connectivity index (χ0v) is 17.9. The highest BCUT2D eigenvalue weighted by atomic mass is 32.2. The number of carbonyl (C=O) groups excluding carboxylic acids is 2. The first-order chi connectivity index (χ1) is 14.5. The molecule has 2 aromatic carbocycles. The molecule has 0 spiro atoms. The molecule has 0 saturated carbocycles. The van der Waals surface area contributed by atoms with Gasteiger partial charge in [0.2, 0.25) is 5.91 Å². The van der Waals surface area contributed by atoms with E-state index in [1.165, 1.54) is 0 Å². The van der Waals surface area contributed by atoms with Gasteiger partial charge in [0.1, 0.15) is 5.03 Å². The Balaban J connectivity index is 1.54. The Morgan fingerprint density at radius 1 is 1.00 bits per heavy atom. The van der Waals surface area contributed by atoms with Crippen LogP contribution in [-0.4, -0.2) is 16.8 Å². The van der Waals surface area contributed by atoms with Gasteiger partial charge in [-0.15, -0.1) is 0 Å². The lowest BCUT2D eigenvalue weighted by Crippen LogP contribution is -2.22. The third-order valence-corrected chi connectivity index (χ3v) is 5.19. The van der Waals surface area contributed by atoms with Crippen LogP contribution in [0.1, 0.15) is 36.2 Å². The van der Waals surface area contributed by atoms with Crippen LogP contribution in [0.3, 0.4) is 0 Å². The number of hydrogen-bond acceptors (Lipinski definition) is 4. The van der Waals surface area contributed by atoms with E-state index in [1.54, 1.807) is 18.0 Å². The fraction of sp³-hybridized carbons (Fsp3) is 0.208. The van der Waals surface area contributed by atoms with Crippen LogP contribution in [0.15, 0.2) is 82.8 Å². The molecule has 2 amide bonds. The molecule has 0 aliphatic carbocycles. The molecule has 3 aromatic rings. The molecular formula is C24H25N3O2S. The van der Waals surface area contributed by atoms with Crippen molar-refractivity contribution in [1.82, 2.24) is 10.3 Å². The molecule has 0 radical (unpaired) electrons. The lowest BCUT2D eigenvalue weighted by molar-refractivity contribution is -0.116. The second-order valence-electron chi connectivity index (χ2n) is 7.32. The largest absolute Gasteiger partial charge is 0.348 e. The van der Waals surface area contributed by atoms with Gasteiger partial charge < -0.3 is 10.6 Å². The average molecular weight is 420 g/mol. The van der Waals surface area contributed by atoms with Crippen LogP contribution in [0, 0.1) is 5.92 Å². The normalized spacial score (nSPS) is 10.6. The summed E-state index contributed by atoms with van der Waals surface area (Å²) in [7, 11) is 0. The van der Waals surface area contributed by atoms with E-state index in [0.29, 0.717) is 24.4 Å². The van der Waals surface area contributed by atoms with E-state index in [-0.39, 0.29) is 11.8 Å². The van der Waals surface area contributed by atoms with Gasteiger partial charge in [-0.05, 0) is 60.0 Å². The summed E-state index contributed by atoms with van der Waals surface area (Å²) in [6.45, 7) is 4.40. The summed E-state index contributed by atoms with van der Waals surface area (Å²) in [5, 5.41) is 6.74. The zero-order valence-electron chi connectivity index (χ0n) is 17.1. The van der Waals surface area contributed by atoms with Gasteiger partial charge in [0, 0.05) is 35.3 Å². The maximum Gasteiger partial charge on any atom is 0.251 e. The third-order valence-electron chi connectivity index (χ3n) is 4.23. The SMILES string of the molecule is CC(C)CC(=O)Nc1cccc(CNC(=O)c2ccc(Sc3ccccn3)cc2)c1. The van der Waals surface area contributed by atoms with Gasteiger partial charge in [-0.3, -0.25) is 9.59 Å². The van der Waals surface area contributed by atoms with Crippen LogP contribution in [0.2, 0.25) is 0 Å². The number of amides is 2. The molecule has 1 aromatic heterocycles. The van der Waals surface area contributed by atoms with Gasteiger partial charge in [0.25, 0.3) is 5.91 Å². The predicted octanol–water partition coefficient (Wildman–Crippen LogP) is 5.15. The topological polar surface area (TPSA) is 71.1 Å². The molecule has 0 saturated heterocycles. The highest BCUT2D eigenvalue weighted by Crippen LogP contribution is 2.25. The number of nitrogens with one attached hydrogen (secondary N) is 2. The summed E-state index contributed by atoms with van der Waals surface area (Å²) in [5.74, 6) is 0.162. The van der Waals surface area contributed by atoms with E-state index in [0.717, 1.165) is 21.2 Å². The first-order valence-electron chi connectivity index (χ1n) is 9.85. The number of aromatic nitrogens is 1. The zero-order chi connectivity index (χ0) is 21.3. The minimum Gasteiger partial charge on any atom is -0.348 e. The van der Waals surface area contributed by atoms with E-state index in [1.807, 2.05) is 80.6 Å². The predicted molar refractivity (Wildman–Crippen MR) is 120 cm³/mol. The van der Waals surface area contributed by atoms with Crippen LogP contribution in [-0.2, 0) is 11.3 Å². The standard InChI is InChI=1S/C24H25N3O2S/c1-17(2)14-22(28)27-20-7-5-6-18(15-20)16-26-24(29)19-9-11-21(12-10-19)30-23-8-3-4-13-25-23/h3-13,15,17H,14,16H2,1-2H3,(H,26,29)(H,27,28). The lowest BCUT2D eigenvalue weighted by Gasteiger charge is -2.10. The Morgan fingerprint density at radius 3 is 2.50 bits per heavy atom. The molecule has 2 N–H and O–H groups in total. The number of benzene rings is 2. The smallest absolute Gasteiger partial charge is 0.251 e. The van der Waals surface area contributed by atoms with Crippen molar-refractivity contribution in [2.45, 2.75) is 36.7 Å². The molecule has 1 heterocycles. The van der Waals surface area contributed by atoms with Crippen molar-refractivity contribution in [3.63, 3.8) is 0 Å². The maximum atomic E-state index is 12.5. The molecule has 0 unspecified atom stereocenters. The average Bonchev–Trinajstić information content (AvgIpc) is 2.73. The molecule has 5 nitrogen and oxygen atoms in total. The van der Waals surface area contributed by atoms with Crippen LogP contribution < -0.4 is 10.6 Å². The van der Waals surface area contributed by atoms with Crippen LogP contribution in [0.25, 0.3) is 0 Å². The summed E-state index contributed by atoms with van der Waals surface area (Å²) in [6, 6.07) is 20.7. The molecule has 0 atom stereocenters. The Kier molecular flexibility index (Phi) is 7.63. The molecule has 3 rings (SSSR count). The molecule has 6 heteroatoms. The van der Waals surface area contributed by atoms with Crippen molar-refractivity contribution in [1.29, 1.82) is 0 Å². The first kappa shape index (κ1) is 21.6. The highest BCUT2D eigenvalue weighted by Gasteiger charge is 2.08. The summed E-state index contributed by atoms with van der Waals surface area (Å²) in [6.07, 6.45) is 2.24. The summed E-state index contributed by atoms with van der Waals surface area (Å²) in [5.41, 5.74) is 2.26. The Hall–Kier alpha value is -3.12. The minimum absolute atomic E-state index is 0.00477. The van der Waals surface area contributed by atoms with E-state index in [9.17, 15) is 9.59 Å². The molecule has 0 aliphatic heterocycles. The lowest BCUT2D eigenvalue weighted by atomic mass is 10.1. The van der Waals surface area contributed by atoms with Gasteiger partial charge in [0.15, 0.2) is 0 Å². The number of hydrogen-bond donors (Lipinski definition) is 2. The number of pyridine rings is 1. The number of rotatable bonds is 8. The van der Waals surface area contributed by atoms with Gasteiger partial charge in [0.05, 0.1) is 0 Å². The fourth-order valence-corrected chi connectivity index (χ4v) is 3.60. The number of anilines is 1. The summed E-state index contributed by atoms with van der Waals surface area (Å²) in [4.78, 5) is 29.7. The van der Waals surface area contributed by atoms with E-state index < -0.39 is 0 Å². The third kappa shape index (κ3) is 6.74. The van der Waals surface area contributed by atoms with Crippen LogP contribution in [0.5, 0.6) is 0 Å². The van der Waals surface area contributed by atoms with Crippen molar-refractivity contribution in [3.8, 4) is 0 Å². The Labute approximate surface area is 181 Å². The van der Waals surface area contributed by atoms with E-state index in [2.05, 4.69) is 15.6 Å². The maximum absolute atomic E-state index is 12.5. The van der Waals surface area contributed by atoms with Gasteiger partial charge in [-0.25, -0.2) is 4.98 Å². The van der Waals surface area contributed by atoms with Gasteiger partial charge in [-0.1, -0.05) is 43.8 Å². The number of nitrogens with zero attached hydrogens (tertiary/aromatic N) is 1. The summed E-state index contributed by atoms with van der Waals surface area (Å²) < 4.78 is 0. The minimum atomic E-state index is -0.140. The highest BCUT2D eigenvalue weighted by molar-refractivity contribution is 7.99. The fourth-order valence-electron chi connectivity index (χ4n) is 2.83. The molecule has 154 valence electrons. The van der Waals surface area contributed by atoms with Crippen molar-refractivity contribution < 1.29 is 9.59 Å². The molecular weight excluding hydrogens is 394 g/mol. The van der Waals surface area contributed by atoms with Crippen molar-refractivity contribution in [3.05, 3.63) is 84.1 Å². The van der Waals surface area contributed by atoms with Gasteiger partial charge >= 0.3 is 0 Å². The first-order valence-corrected chi connectivity index (χ1v) is 10.7. The van der Waals surface area contributed by atoms with Crippen molar-refractivity contribution in [2.75, 3.05) is 5.32 Å². The van der Waals surface area contributed by atoms with E-state index >= 15 is 0 Å². The van der Waals surface area contributed by atoms with E-state index in [4.69, 9.17) is 0 Å². The molecule has 0 aliphatic rings. The van der Waals surface area contributed by atoms with Crippen molar-refractivity contribution in [2.24, 2.45) is 5.92 Å². The van der Waals surface area contributed by atoms with Crippen LogP contribution >= 0.6 is 11.8 Å². The summed E-state index contributed by atoms with van der Waals surface area (Å²) >= 11 is 1.55. The second kappa shape index (κ2) is 10.6. The molecule has 0 fully saturated rings.